The van der Waals surface area contributed by atoms with E-state index < -0.39 is 23.7 Å². The molecule has 0 spiro atoms. The van der Waals surface area contributed by atoms with Crippen LogP contribution in [0.15, 0.2) is 36.7 Å². The highest BCUT2D eigenvalue weighted by Gasteiger charge is 2.50. The summed E-state index contributed by atoms with van der Waals surface area (Å²) in [5.41, 5.74) is 0.265. The molecule has 3 aromatic heterocycles. The molecule has 0 radical (unpaired) electrons. The molecule has 0 saturated heterocycles. The third kappa shape index (κ3) is 6.20. The van der Waals surface area contributed by atoms with E-state index in [9.17, 15) is 22.8 Å². The first-order chi connectivity index (χ1) is 19.0. The maximum Gasteiger partial charge on any atom is 0.413 e. The number of aryl methyl sites for hydroxylation is 1. The third-order valence-electron chi connectivity index (χ3n) is 6.63. The fraction of sp³-hybridized carbons (Fsp3) is 0.393. The number of hydrogen-bond donors (Lipinski definition) is 2. The molecule has 0 amide bonds. The van der Waals surface area contributed by atoms with Crippen molar-refractivity contribution in [2.24, 2.45) is 5.41 Å². The smallest absolute Gasteiger partial charge is 0.383 e. The van der Waals surface area contributed by atoms with Crippen LogP contribution in [0.1, 0.15) is 63.2 Å². The summed E-state index contributed by atoms with van der Waals surface area (Å²) in [5, 5.41) is 25.0. The topological polar surface area (TPSA) is 104 Å². The first-order valence-electron chi connectivity index (χ1n) is 12.7. The Morgan fingerprint density at radius 2 is 1.83 bits per heavy atom. The number of pyridine rings is 2. The highest BCUT2D eigenvalue weighted by Crippen LogP contribution is 2.38. The predicted octanol–water partition coefficient (Wildman–Crippen LogP) is 7.15. The van der Waals surface area contributed by atoms with Gasteiger partial charge in [-0.05, 0) is 44.4 Å². The van der Waals surface area contributed by atoms with Gasteiger partial charge in [0.25, 0.3) is 0 Å². The second kappa shape index (κ2) is 10.8. The Labute approximate surface area is 239 Å². The largest absolute Gasteiger partial charge is 0.413 e. The fourth-order valence-corrected chi connectivity index (χ4v) is 4.38. The van der Waals surface area contributed by atoms with E-state index in [1.807, 2.05) is 20.8 Å². The Kier molecular flexibility index (Phi) is 7.88. The summed E-state index contributed by atoms with van der Waals surface area (Å²) in [6.45, 7) is 10.3. The van der Waals surface area contributed by atoms with E-state index in [0.29, 0.717) is 45.6 Å². The van der Waals surface area contributed by atoms with Crippen LogP contribution in [-0.4, -0.2) is 37.7 Å². The van der Waals surface area contributed by atoms with Crippen LogP contribution in [0.5, 0.6) is 0 Å². The minimum absolute atomic E-state index is 0.101. The Hall–Kier alpha value is -3.98. The molecular weight excluding hydrogens is 560 g/mol. The number of nitrogens with one attached hydrogen (secondary N) is 2. The number of anilines is 2. The van der Waals surface area contributed by atoms with Crippen LogP contribution in [0.25, 0.3) is 10.9 Å². The molecule has 0 aliphatic rings. The number of nitrogens with zero attached hydrogens (tertiary/aromatic N) is 6. The predicted molar refractivity (Wildman–Crippen MR) is 149 cm³/mol. The molecule has 13 heteroatoms. The van der Waals surface area contributed by atoms with Crippen molar-refractivity contribution in [3.63, 3.8) is 0 Å². The van der Waals surface area contributed by atoms with Crippen molar-refractivity contribution in [2.75, 3.05) is 17.2 Å². The number of hydrogen-bond acceptors (Lipinski definition) is 7. The first kappa shape index (κ1) is 30.0. The summed E-state index contributed by atoms with van der Waals surface area (Å²) in [7, 11) is 0. The highest BCUT2D eigenvalue weighted by atomic mass is 35.5. The summed E-state index contributed by atoms with van der Waals surface area (Å²) in [6.07, 6.45) is -1.95. The maximum atomic E-state index is 13.9. The minimum atomic E-state index is -4.60. The van der Waals surface area contributed by atoms with Gasteiger partial charge in [0.05, 0.1) is 34.0 Å². The quantitative estimate of drug-likeness (QED) is 0.174. The number of fused-ring (bicyclic) bond motifs is 1. The summed E-state index contributed by atoms with van der Waals surface area (Å²) < 4.78 is 55.8. The molecule has 41 heavy (non-hydrogen) atoms. The number of halogens is 5. The van der Waals surface area contributed by atoms with Crippen LogP contribution in [0.4, 0.5) is 28.9 Å². The standard InChI is InChI=1S/C28H29ClF4N8/c1-15-18(7-8-22(30)37-15)25(21-13-41(40-39-21)27(5,6)28(31,32)33)38-17-9-19-23(36-14-26(2,3)4)16(11-34)12-35-24(19)20(29)10-17/h7-10,12-13,25,38H,14H2,1-6H3,(H,35,36)/t25-/m0/s1. The highest BCUT2D eigenvalue weighted by molar-refractivity contribution is 6.35. The Bertz CT molecular complexity index is 1630. The summed E-state index contributed by atoms with van der Waals surface area (Å²) in [4.78, 5) is 8.25. The van der Waals surface area contributed by atoms with Crippen LogP contribution in [-0.2, 0) is 5.54 Å². The van der Waals surface area contributed by atoms with Gasteiger partial charge in [-0.25, -0.2) is 9.67 Å². The van der Waals surface area contributed by atoms with Gasteiger partial charge in [0.1, 0.15) is 11.8 Å². The van der Waals surface area contributed by atoms with E-state index >= 15 is 0 Å². The zero-order chi connectivity index (χ0) is 30.3. The van der Waals surface area contributed by atoms with Gasteiger partial charge in [0.15, 0.2) is 5.54 Å². The molecule has 0 saturated carbocycles. The molecule has 0 fully saturated rings. The Morgan fingerprint density at radius 1 is 1.12 bits per heavy atom. The van der Waals surface area contributed by atoms with E-state index in [1.165, 1.54) is 18.5 Å². The number of nitriles is 1. The Morgan fingerprint density at radius 3 is 2.44 bits per heavy atom. The van der Waals surface area contributed by atoms with Crippen LogP contribution < -0.4 is 10.6 Å². The van der Waals surface area contributed by atoms with Gasteiger partial charge in [-0.2, -0.15) is 22.8 Å². The van der Waals surface area contributed by atoms with Crippen molar-refractivity contribution in [3.8, 4) is 6.07 Å². The van der Waals surface area contributed by atoms with Gasteiger partial charge in [-0.15, -0.1) is 5.10 Å². The lowest BCUT2D eigenvalue weighted by Crippen LogP contribution is -2.42. The zero-order valence-electron chi connectivity index (χ0n) is 23.3. The minimum Gasteiger partial charge on any atom is -0.383 e. The molecule has 3 heterocycles. The fourth-order valence-electron chi connectivity index (χ4n) is 4.11. The van der Waals surface area contributed by atoms with Crippen molar-refractivity contribution in [1.82, 2.24) is 25.0 Å². The average Bonchev–Trinajstić information content (AvgIpc) is 3.36. The summed E-state index contributed by atoms with van der Waals surface area (Å²) in [6, 6.07) is 7.26. The maximum absolute atomic E-state index is 13.9. The van der Waals surface area contributed by atoms with Crippen molar-refractivity contribution >= 4 is 33.9 Å². The van der Waals surface area contributed by atoms with Gasteiger partial charge in [0.2, 0.25) is 5.95 Å². The molecule has 1 atom stereocenters. The van der Waals surface area contributed by atoms with E-state index in [1.54, 1.807) is 19.1 Å². The number of alkyl halides is 3. The molecule has 0 bridgehead atoms. The SMILES string of the molecule is Cc1nc(F)ccc1[C@H](Nc1cc(Cl)c2ncc(C#N)c(NCC(C)(C)C)c2c1)c1cn(C(C)(C)C(F)(F)F)nn1. The number of rotatable bonds is 7. The van der Waals surface area contributed by atoms with Crippen molar-refractivity contribution in [2.45, 2.75) is 59.3 Å². The molecule has 0 aliphatic heterocycles. The van der Waals surface area contributed by atoms with Gasteiger partial charge in [0, 0.05) is 35.1 Å². The molecule has 216 valence electrons. The average molecular weight is 589 g/mol. The third-order valence-corrected chi connectivity index (χ3v) is 6.92. The van der Waals surface area contributed by atoms with E-state index in [4.69, 9.17) is 11.6 Å². The van der Waals surface area contributed by atoms with Crippen molar-refractivity contribution in [3.05, 3.63) is 70.1 Å². The van der Waals surface area contributed by atoms with E-state index in [-0.39, 0.29) is 16.1 Å². The molecule has 8 nitrogen and oxygen atoms in total. The van der Waals surface area contributed by atoms with Gasteiger partial charge in [-0.1, -0.05) is 43.7 Å². The summed E-state index contributed by atoms with van der Waals surface area (Å²) >= 11 is 6.63. The van der Waals surface area contributed by atoms with Crippen LogP contribution in [0.3, 0.4) is 0 Å². The van der Waals surface area contributed by atoms with Crippen molar-refractivity contribution in [1.29, 1.82) is 5.26 Å². The lowest BCUT2D eigenvalue weighted by atomic mass is 9.96. The second-order valence-electron chi connectivity index (χ2n) is 11.5. The molecule has 0 aliphatic carbocycles. The first-order valence-corrected chi connectivity index (χ1v) is 13.0. The molecule has 2 N–H and O–H groups in total. The van der Waals surface area contributed by atoms with Crippen LogP contribution in [0, 0.1) is 29.6 Å². The zero-order valence-corrected chi connectivity index (χ0v) is 24.1. The monoisotopic (exact) mass is 588 g/mol. The van der Waals surface area contributed by atoms with Gasteiger partial charge >= 0.3 is 6.18 Å². The van der Waals surface area contributed by atoms with Gasteiger partial charge in [-0.3, -0.25) is 4.98 Å². The van der Waals surface area contributed by atoms with Crippen LogP contribution in [0.2, 0.25) is 5.02 Å². The van der Waals surface area contributed by atoms with Crippen LogP contribution >= 0.6 is 11.6 Å². The van der Waals surface area contributed by atoms with E-state index in [0.717, 1.165) is 24.6 Å². The van der Waals surface area contributed by atoms with E-state index in [2.05, 4.69) is 37.0 Å². The molecule has 1 aromatic carbocycles. The van der Waals surface area contributed by atoms with Crippen molar-refractivity contribution < 1.29 is 17.6 Å². The molecule has 4 aromatic rings. The lowest BCUT2D eigenvalue weighted by Gasteiger charge is -2.27. The Balaban J connectivity index is 1.85. The molecular formula is C28H29ClF4N8. The lowest BCUT2D eigenvalue weighted by molar-refractivity contribution is -0.206. The second-order valence-corrected chi connectivity index (χ2v) is 11.9. The number of benzene rings is 1. The number of aromatic nitrogens is 5. The molecule has 0 unspecified atom stereocenters. The summed E-state index contributed by atoms with van der Waals surface area (Å²) in [5.74, 6) is -0.703. The van der Waals surface area contributed by atoms with Gasteiger partial charge < -0.3 is 10.6 Å². The normalized spacial score (nSPS) is 13.2. The molecule has 4 rings (SSSR count).